The van der Waals surface area contributed by atoms with Crippen LogP contribution in [-0.4, -0.2) is 33.5 Å². The largest absolute Gasteiger partial charge is 0.504 e. The number of hydrogen-bond acceptors (Lipinski definition) is 7. The first-order chi connectivity index (χ1) is 12.6. The normalized spacial score (nSPS) is 10.6. The maximum Gasteiger partial charge on any atom is 0.204 e. The van der Waals surface area contributed by atoms with Crippen LogP contribution in [0.2, 0.25) is 0 Å². The van der Waals surface area contributed by atoms with E-state index in [9.17, 15) is 9.90 Å². The van der Waals surface area contributed by atoms with Gasteiger partial charge < -0.3 is 28.5 Å². The van der Waals surface area contributed by atoms with E-state index in [0.717, 1.165) is 0 Å². The summed E-state index contributed by atoms with van der Waals surface area (Å²) in [6.07, 6.45) is 1.31. The first kappa shape index (κ1) is 17.5. The molecule has 0 aliphatic carbocycles. The molecule has 0 saturated carbocycles. The van der Waals surface area contributed by atoms with Gasteiger partial charge in [-0.1, -0.05) is 12.1 Å². The van der Waals surface area contributed by atoms with E-state index in [1.807, 2.05) is 0 Å². The smallest absolute Gasteiger partial charge is 0.204 e. The van der Waals surface area contributed by atoms with Crippen molar-refractivity contribution < 1.29 is 28.5 Å². The number of para-hydroxylation sites is 1. The number of phenolic OH excluding ortho intramolecular Hbond substituents is 1. The number of phenols is 1. The van der Waals surface area contributed by atoms with Crippen LogP contribution in [0.3, 0.4) is 0 Å². The van der Waals surface area contributed by atoms with Crippen molar-refractivity contribution in [3.05, 3.63) is 40.8 Å². The molecule has 0 amide bonds. The van der Waals surface area contributed by atoms with Gasteiger partial charge in [0.1, 0.15) is 17.2 Å². The fourth-order valence-electron chi connectivity index (χ4n) is 2.89. The van der Waals surface area contributed by atoms with Crippen molar-refractivity contribution in [1.29, 1.82) is 0 Å². The first-order valence-corrected chi connectivity index (χ1v) is 7.68. The fourth-order valence-corrected chi connectivity index (χ4v) is 2.89. The third-order valence-corrected chi connectivity index (χ3v) is 4.06. The summed E-state index contributed by atoms with van der Waals surface area (Å²) in [5.41, 5.74) is 0.552. The molecule has 1 heterocycles. The Kier molecular flexibility index (Phi) is 4.62. The van der Waals surface area contributed by atoms with Gasteiger partial charge in [0.25, 0.3) is 0 Å². The van der Waals surface area contributed by atoms with Crippen molar-refractivity contribution >= 4 is 11.0 Å². The Hall–Kier alpha value is -3.35. The van der Waals surface area contributed by atoms with E-state index in [2.05, 4.69) is 0 Å². The number of benzene rings is 2. The molecule has 7 heteroatoms. The van der Waals surface area contributed by atoms with Crippen LogP contribution in [0.25, 0.3) is 22.1 Å². The van der Waals surface area contributed by atoms with E-state index in [1.54, 1.807) is 18.2 Å². The molecule has 0 unspecified atom stereocenters. The molecule has 0 spiro atoms. The molecule has 0 saturated heterocycles. The lowest BCUT2D eigenvalue weighted by Crippen LogP contribution is -2.08. The summed E-state index contributed by atoms with van der Waals surface area (Å²) in [5.74, 6) is 0.969. The van der Waals surface area contributed by atoms with Crippen molar-refractivity contribution in [2.45, 2.75) is 0 Å². The van der Waals surface area contributed by atoms with Crippen molar-refractivity contribution in [2.75, 3.05) is 28.4 Å². The molecule has 0 bridgehead atoms. The molecule has 0 aliphatic rings. The van der Waals surface area contributed by atoms with E-state index in [1.165, 1.54) is 40.8 Å². The molecule has 3 aromatic rings. The zero-order valence-electron chi connectivity index (χ0n) is 14.8. The maximum absolute atomic E-state index is 13.2. The van der Waals surface area contributed by atoms with Gasteiger partial charge in [0, 0.05) is 11.6 Å². The SMILES string of the molecule is COc1cc2occ(-c3cccc(O)c3OC)c(=O)c2c(OC)c1OC. The molecule has 1 aromatic heterocycles. The highest BCUT2D eigenvalue weighted by Crippen LogP contribution is 2.43. The first-order valence-electron chi connectivity index (χ1n) is 7.68. The lowest BCUT2D eigenvalue weighted by atomic mass is 10.0. The van der Waals surface area contributed by atoms with E-state index < -0.39 is 0 Å². The summed E-state index contributed by atoms with van der Waals surface area (Å²) in [7, 11) is 5.77. The fraction of sp³-hybridized carbons (Fsp3) is 0.211. The quantitative estimate of drug-likeness (QED) is 0.749. The van der Waals surface area contributed by atoms with Crippen LogP contribution in [0.4, 0.5) is 0 Å². The standard InChI is InChI=1S/C19H18O7/c1-22-14-8-13-15(19(25-4)18(14)24-3)16(21)11(9-26-13)10-6-5-7-12(20)17(10)23-2/h5-9,20H,1-4H3. The van der Waals surface area contributed by atoms with Crippen LogP contribution in [-0.2, 0) is 0 Å². The summed E-state index contributed by atoms with van der Waals surface area (Å²) in [4.78, 5) is 13.2. The number of fused-ring (bicyclic) bond motifs is 1. The van der Waals surface area contributed by atoms with Gasteiger partial charge >= 0.3 is 0 Å². The molecular formula is C19H18O7. The Morgan fingerprint density at radius 2 is 1.58 bits per heavy atom. The van der Waals surface area contributed by atoms with Gasteiger partial charge in [-0.3, -0.25) is 4.79 Å². The average molecular weight is 358 g/mol. The zero-order valence-corrected chi connectivity index (χ0v) is 14.8. The Morgan fingerprint density at radius 3 is 2.19 bits per heavy atom. The molecular weight excluding hydrogens is 340 g/mol. The molecule has 0 fully saturated rings. The Bertz CT molecular complexity index is 1020. The van der Waals surface area contributed by atoms with Gasteiger partial charge in [-0.15, -0.1) is 0 Å². The van der Waals surface area contributed by atoms with Crippen molar-refractivity contribution in [3.8, 4) is 39.9 Å². The highest BCUT2D eigenvalue weighted by molar-refractivity contribution is 5.92. The van der Waals surface area contributed by atoms with Gasteiger partial charge in [-0.05, 0) is 6.07 Å². The van der Waals surface area contributed by atoms with Gasteiger partial charge in [0.05, 0.1) is 34.0 Å². The second kappa shape index (κ2) is 6.87. The minimum Gasteiger partial charge on any atom is -0.504 e. The van der Waals surface area contributed by atoms with Crippen LogP contribution >= 0.6 is 0 Å². The van der Waals surface area contributed by atoms with E-state index in [0.29, 0.717) is 11.3 Å². The molecule has 136 valence electrons. The predicted octanol–water partition coefficient (Wildman–Crippen LogP) is 3.20. The molecule has 0 atom stereocenters. The number of aromatic hydroxyl groups is 1. The minimum atomic E-state index is -0.354. The third-order valence-electron chi connectivity index (χ3n) is 4.06. The summed E-state index contributed by atoms with van der Waals surface area (Å²) in [6, 6.07) is 6.30. The number of rotatable bonds is 5. The van der Waals surface area contributed by atoms with Crippen LogP contribution in [0.15, 0.2) is 39.7 Å². The predicted molar refractivity (Wildman–Crippen MR) is 95.8 cm³/mol. The molecule has 3 rings (SSSR count). The summed E-state index contributed by atoms with van der Waals surface area (Å²) in [5, 5.41) is 10.2. The number of methoxy groups -OCH3 is 4. The van der Waals surface area contributed by atoms with Crippen molar-refractivity contribution in [1.82, 2.24) is 0 Å². The van der Waals surface area contributed by atoms with E-state index >= 15 is 0 Å². The van der Waals surface area contributed by atoms with Crippen molar-refractivity contribution in [3.63, 3.8) is 0 Å². The van der Waals surface area contributed by atoms with Gasteiger partial charge in [-0.2, -0.15) is 0 Å². The number of ether oxygens (including phenoxy) is 4. The monoisotopic (exact) mass is 358 g/mol. The topological polar surface area (TPSA) is 87.4 Å². The Balaban J connectivity index is 2.41. The second-order valence-corrected chi connectivity index (χ2v) is 5.35. The lowest BCUT2D eigenvalue weighted by molar-refractivity contribution is 0.326. The van der Waals surface area contributed by atoms with Crippen LogP contribution in [0, 0.1) is 0 Å². The molecule has 7 nitrogen and oxygen atoms in total. The minimum absolute atomic E-state index is 0.0798. The van der Waals surface area contributed by atoms with Crippen LogP contribution in [0.5, 0.6) is 28.7 Å². The van der Waals surface area contributed by atoms with Crippen LogP contribution in [0.1, 0.15) is 0 Å². The maximum atomic E-state index is 13.2. The Labute approximate surface area is 149 Å². The molecule has 26 heavy (non-hydrogen) atoms. The van der Waals surface area contributed by atoms with Gasteiger partial charge in [0.15, 0.2) is 23.0 Å². The van der Waals surface area contributed by atoms with E-state index in [4.69, 9.17) is 23.4 Å². The van der Waals surface area contributed by atoms with Gasteiger partial charge in [0.2, 0.25) is 11.2 Å². The van der Waals surface area contributed by atoms with Crippen LogP contribution < -0.4 is 24.4 Å². The van der Waals surface area contributed by atoms with Gasteiger partial charge in [-0.25, -0.2) is 0 Å². The zero-order chi connectivity index (χ0) is 18.8. The highest BCUT2D eigenvalue weighted by Gasteiger charge is 2.23. The highest BCUT2D eigenvalue weighted by atomic mass is 16.5. The molecule has 0 radical (unpaired) electrons. The Morgan fingerprint density at radius 1 is 0.885 bits per heavy atom. The second-order valence-electron chi connectivity index (χ2n) is 5.35. The number of hydrogen-bond donors (Lipinski definition) is 1. The van der Waals surface area contributed by atoms with E-state index in [-0.39, 0.29) is 45.0 Å². The summed E-state index contributed by atoms with van der Waals surface area (Å²) in [6.45, 7) is 0. The summed E-state index contributed by atoms with van der Waals surface area (Å²) < 4.78 is 26.9. The molecule has 2 aromatic carbocycles. The average Bonchev–Trinajstić information content (AvgIpc) is 2.66. The lowest BCUT2D eigenvalue weighted by Gasteiger charge is -2.15. The molecule has 0 aliphatic heterocycles. The summed E-state index contributed by atoms with van der Waals surface area (Å²) >= 11 is 0. The van der Waals surface area contributed by atoms with Crippen molar-refractivity contribution in [2.24, 2.45) is 0 Å². The molecule has 1 N–H and O–H groups in total. The third kappa shape index (κ3) is 2.57.